The summed E-state index contributed by atoms with van der Waals surface area (Å²) >= 11 is 2.52. The molecule has 1 saturated heterocycles. The number of likely N-dealkylation sites (tertiary alicyclic amines) is 1. The summed E-state index contributed by atoms with van der Waals surface area (Å²) in [6.07, 6.45) is 4.20. The van der Waals surface area contributed by atoms with E-state index >= 15 is 0 Å². The Morgan fingerprint density at radius 1 is 1.70 bits per heavy atom. The van der Waals surface area contributed by atoms with Gasteiger partial charge >= 0.3 is 0 Å². The van der Waals surface area contributed by atoms with E-state index in [9.17, 15) is 0 Å². The first-order valence-electron chi connectivity index (χ1n) is 4.04. The van der Waals surface area contributed by atoms with Gasteiger partial charge in [0.15, 0.2) is 0 Å². The fraction of sp³-hybridized carbons (Fsp3) is 1.00. The molecule has 1 fully saturated rings. The lowest BCUT2D eigenvalue weighted by Crippen LogP contribution is -2.26. The molecule has 0 N–H and O–H groups in total. The molecule has 2 heteroatoms. The maximum absolute atomic E-state index is 2.52. The van der Waals surface area contributed by atoms with E-state index in [0.717, 1.165) is 9.97 Å². The summed E-state index contributed by atoms with van der Waals surface area (Å²) in [7, 11) is 2.25. The smallest absolute Gasteiger partial charge is 0.0103 e. The quantitative estimate of drug-likeness (QED) is 0.539. The molecule has 60 valence electrons. The fourth-order valence-corrected chi connectivity index (χ4v) is 2.24. The van der Waals surface area contributed by atoms with Crippen molar-refractivity contribution in [1.82, 2.24) is 4.90 Å². The second-order valence-corrected chi connectivity index (χ2v) is 5.42. The third kappa shape index (κ3) is 2.38. The van der Waals surface area contributed by atoms with Gasteiger partial charge in [-0.2, -0.15) is 0 Å². The summed E-state index contributed by atoms with van der Waals surface area (Å²) in [6.45, 7) is 3.61. The van der Waals surface area contributed by atoms with Crippen molar-refractivity contribution in [2.75, 3.05) is 13.6 Å². The molecule has 1 heterocycles. The van der Waals surface area contributed by atoms with Crippen LogP contribution in [0.2, 0.25) is 0 Å². The Labute approximate surface area is 77.3 Å². The highest BCUT2D eigenvalue weighted by molar-refractivity contribution is 14.1. The number of halogens is 1. The minimum Gasteiger partial charge on any atom is -0.303 e. The molecule has 1 nitrogen and oxygen atoms in total. The minimum atomic E-state index is 0.836. The monoisotopic (exact) mass is 253 g/mol. The first kappa shape index (κ1) is 8.78. The van der Waals surface area contributed by atoms with Crippen molar-refractivity contribution in [3.05, 3.63) is 0 Å². The molecule has 0 aromatic carbocycles. The normalized spacial score (nSPS) is 30.9. The van der Waals surface area contributed by atoms with Crippen molar-refractivity contribution in [2.24, 2.45) is 0 Å². The van der Waals surface area contributed by atoms with E-state index in [-0.39, 0.29) is 0 Å². The van der Waals surface area contributed by atoms with Crippen LogP contribution in [0.25, 0.3) is 0 Å². The predicted molar refractivity (Wildman–Crippen MR) is 53.8 cm³/mol. The summed E-state index contributed by atoms with van der Waals surface area (Å²) < 4.78 is 0.836. The van der Waals surface area contributed by atoms with Gasteiger partial charge in [0, 0.05) is 9.97 Å². The minimum absolute atomic E-state index is 0.836. The van der Waals surface area contributed by atoms with Gasteiger partial charge in [0.1, 0.15) is 0 Å². The zero-order valence-corrected chi connectivity index (χ0v) is 8.97. The molecule has 0 spiro atoms. The first-order valence-corrected chi connectivity index (χ1v) is 5.29. The summed E-state index contributed by atoms with van der Waals surface area (Å²) in [5.74, 6) is 0. The Morgan fingerprint density at radius 2 is 2.40 bits per heavy atom. The van der Waals surface area contributed by atoms with E-state index in [1.807, 2.05) is 0 Å². The van der Waals surface area contributed by atoms with Gasteiger partial charge in [-0.25, -0.2) is 0 Å². The Balaban J connectivity index is 2.26. The van der Waals surface area contributed by atoms with Gasteiger partial charge < -0.3 is 4.90 Å². The van der Waals surface area contributed by atoms with E-state index in [4.69, 9.17) is 0 Å². The average Bonchev–Trinajstić information content (AvgIpc) is 2.15. The molecule has 0 radical (unpaired) electrons. The Kier molecular flexibility index (Phi) is 3.43. The molecule has 1 aliphatic rings. The Bertz CT molecular complexity index is 103. The van der Waals surface area contributed by atoms with Gasteiger partial charge in [-0.05, 0) is 32.9 Å². The largest absolute Gasteiger partial charge is 0.303 e. The van der Waals surface area contributed by atoms with Crippen LogP contribution in [0.15, 0.2) is 0 Å². The average molecular weight is 253 g/mol. The molecule has 2 unspecified atom stereocenters. The van der Waals surface area contributed by atoms with Crippen LogP contribution in [0.5, 0.6) is 0 Å². The van der Waals surface area contributed by atoms with Gasteiger partial charge in [0.05, 0.1) is 0 Å². The van der Waals surface area contributed by atoms with Crippen LogP contribution >= 0.6 is 22.6 Å². The molecule has 0 amide bonds. The lowest BCUT2D eigenvalue weighted by molar-refractivity contribution is 0.298. The second-order valence-electron chi connectivity index (χ2n) is 3.29. The zero-order valence-electron chi connectivity index (χ0n) is 6.81. The first-order chi connectivity index (χ1) is 4.70. The van der Waals surface area contributed by atoms with E-state index in [0.29, 0.717) is 0 Å². The SMILES string of the molecule is CC(I)CC1CCCN1C. The third-order valence-corrected chi connectivity index (χ3v) is 2.78. The molecule has 1 rings (SSSR count). The van der Waals surface area contributed by atoms with E-state index < -0.39 is 0 Å². The van der Waals surface area contributed by atoms with Crippen LogP contribution in [0.4, 0.5) is 0 Å². The lowest BCUT2D eigenvalue weighted by atomic mass is 10.1. The number of hydrogen-bond acceptors (Lipinski definition) is 1. The highest BCUT2D eigenvalue weighted by atomic mass is 127. The Hall–Kier alpha value is 0.690. The van der Waals surface area contributed by atoms with Gasteiger partial charge in [0.25, 0.3) is 0 Å². The second kappa shape index (κ2) is 3.90. The fourth-order valence-electron chi connectivity index (χ4n) is 1.65. The molecule has 0 aromatic heterocycles. The van der Waals surface area contributed by atoms with Crippen molar-refractivity contribution in [3.63, 3.8) is 0 Å². The van der Waals surface area contributed by atoms with Crippen LogP contribution in [0.1, 0.15) is 26.2 Å². The maximum Gasteiger partial charge on any atom is 0.0103 e. The van der Waals surface area contributed by atoms with Crippen molar-refractivity contribution in [3.8, 4) is 0 Å². The summed E-state index contributed by atoms with van der Waals surface area (Å²) in [6, 6.07) is 0.881. The third-order valence-electron chi connectivity index (χ3n) is 2.27. The van der Waals surface area contributed by atoms with E-state index in [2.05, 4.69) is 41.5 Å². The van der Waals surface area contributed by atoms with Gasteiger partial charge in [-0.1, -0.05) is 29.5 Å². The molecule has 10 heavy (non-hydrogen) atoms. The lowest BCUT2D eigenvalue weighted by Gasteiger charge is -2.20. The van der Waals surface area contributed by atoms with Gasteiger partial charge in [-0.3, -0.25) is 0 Å². The van der Waals surface area contributed by atoms with Crippen molar-refractivity contribution in [2.45, 2.75) is 36.2 Å². The highest BCUT2D eigenvalue weighted by Gasteiger charge is 2.21. The maximum atomic E-state index is 2.52. The molecule has 2 atom stereocenters. The summed E-state index contributed by atoms with van der Waals surface area (Å²) in [4.78, 5) is 2.50. The highest BCUT2D eigenvalue weighted by Crippen LogP contribution is 2.21. The van der Waals surface area contributed by atoms with Crippen LogP contribution < -0.4 is 0 Å². The molecular weight excluding hydrogens is 237 g/mol. The van der Waals surface area contributed by atoms with Gasteiger partial charge in [0.2, 0.25) is 0 Å². The van der Waals surface area contributed by atoms with Crippen molar-refractivity contribution < 1.29 is 0 Å². The number of alkyl halides is 1. The van der Waals surface area contributed by atoms with Gasteiger partial charge in [-0.15, -0.1) is 0 Å². The van der Waals surface area contributed by atoms with E-state index in [1.54, 1.807) is 0 Å². The molecule has 0 aromatic rings. The van der Waals surface area contributed by atoms with Crippen LogP contribution in [-0.2, 0) is 0 Å². The van der Waals surface area contributed by atoms with E-state index in [1.165, 1.54) is 25.8 Å². The zero-order chi connectivity index (χ0) is 7.56. The molecule has 0 aliphatic carbocycles. The summed E-state index contributed by atoms with van der Waals surface area (Å²) in [5.41, 5.74) is 0. The number of hydrogen-bond donors (Lipinski definition) is 0. The molecular formula is C8H16IN. The Morgan fingerprint density at radius 3 is 2.80 bits per heavy atom. The molecule has 1 aliphatic heterocycles. The van der Waals surface area contributed by atoms with Crippen LogP contribution in [0, 0.1) is 0 Å². The standard InChI is InChI=1S/C8H16IN/c1-7(9)6-8-4-3-5-10(8)2/h7-8H,3-6H2,1-2H3. The summed E-state index contributed by atoms with van der Waals surface area (Å²) in [5, 5.41) is 0. The van der Waals surface area contributed by atoms with Crippen molar-refractivity contribution in [1.29, 1.82) is 0 Å². The van der Waals surface area contributed by atoms with Crippen LogP contribution in [0.3, 0.4) is 0 Å². The number of nitrogens with zero attached hydrogens (tertiary/aromatic N) is 1. The number of rotatable bonds is 2. The molecule has 0 bridgehead atoms. The molecule has 0 saturated carbocycles. The predicted octanol–water partition coefficient (Wildman–Crippen LogP) is 2.29. The van der Waals surface area contributed by atoms with Crippen molar-refractivity contribution >= 4 is 22.6 Å². The topological polar surface area (TPSA) is 3.24 Å². The van der Waals surface area contributed by atoms with Crippen LogP contribution in [-0.4, -0.2) is 28.5 Å².